The smallest absolute Gasteiger partial charge is 0.148 e. The minimum Gasteiger partial charge on any atom is -0.374 e. The van der Waals surface area contributed by atoms with E-state index in [4.69, 9.17) is 0 Å². The van der Waals surface area contributed by atoms with Crippen molar-refractivity contribution in [3.63, 3.8) is 0 Å². The van der Waals surface area contributed by atoms with Crippen molar-refractivity contribution >= 4 is 0 Å². The molecule has 0 amide bonds. The second-order valence-corrected chi connectivity index (χ2v) is 4.20. The van der Waals surface area contributed by atoms with E-state index in [1.165, 1.54) is 12.1 Å². The molecule has 0 spiro atoms. The highest BCUT2D eigenvalue weighted by atomic mass is 19.1. The number of halogens is 1. The minimum atomic E-state index is -1.24. The molecule has 0 aliphatic carbocycles. The van der Waals surface area contributed by atoms with Gasteiger partial charge in [-0.3, -0.25) is 0 Å². The first-order chi connectivity index (χ1) is 8.58. The van der Waals surface area contributed by atoms with E-state index >= 15 is 0 Å². The molecule has 1 unspecified atom stereocenters. The molecule has 1 nitrogen and oxygen atoms in total. The molecule has 0 aliphatic rings. The molecule has 1 N–H and O–H groups in total. The third-order valence-electron chi connectivity index (χ3n) is 2.61. The van der Waals surface area contributed by atoms with E-state index in [9.17, 15) is 9.50 Å². The molecular formula is C16H13FO. The molecule has 2 aromatic carbocycles. The fourth-order valence-corrected chi connectivity index (χ4v) is 1.59. The van der Waals surface area contributed by atoms with Gasteiger partial charge >= 0.3 is 0 Å². The molecule has 0 aliphatic heterocycles. The molecule has 18 heavy (non-hydrogen) atoms. The number of aliphatic hydroxyl groups is 1. The summed E-state index contributed by atoms with van der Waals surface area (Å²) in [5.41, 5.74) is 0.0215. The van der Waals surface area contributed by atoms with Crippen LogP contribution >= 0.6 is 0 Å². The monoisotopic (exact) mass is 240 g/mol. The first-order valence-corrected chi connectivity index (χ1v) is 5.64. The fourth-order valence-electron chi connectivity index (χ4n) is 1.59. The molecular weight excluding hydrogens is 227 g/mol. The van der Waals surface area contributed by atoms with Crippen LogP contribution in [0.2, 0.25) is 0 Å². The highest BCUT2D eigenvalue weighted by Gasteiger charge is 2.18. The Kier molecular flexibility index (Phi) is 3.45. The summed E-state index contributed by atoms with van der Waals surface area (Å²) in [4.78, 5) is 0. The summed E-state index contributed by atoms with van der Waals surface area (Å²) in [5, 5.41) is 10.2. The van der Waals surface area contributed by atoms with Crippen molar-refractivity contribution in [3.8, 4) is 11.8 Å². The van der Waals surface area contributed by atoms with Gasteiger partial charge in [-0.1, -0.05) is 48.2 Å². The van der Waals surface area contributed by atoms with Crippen LogP contribution in [0.5, 0.6) is 0 Å². The van der Waals surface area contributed by atoms with Gasteiger partial charge in [-0.15, -0.1) is 0 Å². The van der Waals surface area contributed by atoms with Crippen molar-refractivity contribution in [2.75, 3.05) is 0 Å². The fraction of sp³-hybridized carbons (Fsp3) is 0.125. The summed E-state index contributed by atoms with van der Waals surface area (Å²) in [6.45, 7) is 1.62. The Labute approximate surface area is 106 Å². The van der Waals surface area contributed by atoms with Gasteiger partial charge in [0, 0.05) is 5.56 Å². The van der Waals surface area contributed by atoms with E-state index < -0.39 is 5.60 Å². The summed E-state index contributed by atoms with van der Waals surface area (Å²) in [6.07, 6.45) is 0. The van der Waals surface area contributed by atoms with Crippen LogP contribution in [0.15, 0.2) is 54.6 Å². The van der Waals surface area contributed by atoms with Crippen molar-refractivity contribution in [1.29, 1.82) is 0 Å². The Morgan fingerprint density at radius 1 is 1.06 bits per heavy atom. The number of rotatable bonds is 1. The average molecular weight is 240 g/mol. The molecule has 90 valence electrons. The molecule has 0 aromatic heterocycles. The molecule has 0 fully saturated rings. The van der Waals surface area contributed by atoms with Gasteiger partial charge in [-0.2, -0.15) is 0 Å². The van der Waals surface area contributed by atoms with Gasteiger partial charge in [0.15, 0.2) is 0 Å². The number of hydrogen-bond acceptors (Lipinski definition) is 1. The Morgan fingerprint density at radius 3 is 2.44 bits per heavy atom. The topological polar surface area (TPSA) is 20.2 Å². The zero-order valence-electron chi connectivity index (χ0n) is 10.0. The predicted octanol–water partition coefficient (Wildman–Crippen LogP) is 3.08. The number of hydrogen-bond donors (Lipinski definition) is 1. The van der Waals surface area contributed by atoms with Crippen molar-refractivity contribution in [2.24, 2.45) is 0 Å². The molecule has 0 saturated heterocycles. The molecule has 0 bridgehead atoms. The molecule has 1 atom stereocenters. The van der Waals surface area contributed by atoms with Gasteiger partial charge in [-0.05, 0) is 30.7 Å². The second-order valence-electron chi connectivity index (χ2n) is 4.20. The normalized spacial score (nSPS) is 13.3. The summed E-state index contributed by atoms with van der Waals surface area (Å²) in [6, 6.07) is 15.2. The van der Waals surface area contributed by atoms with Gasteiger partial charge in [0.25, 0.3) is 0 Å². The van der Waals surface area contributed by atoms with Crippen LogP contribution in [0.1, 0.15) is 18.1 Å². The lowest BCUT2D eigenvalue weighted by molar-refractivity contribution is 0.122. The third-order valence-corrected chi connectivity index (χ3v) is 2.61. The molecule has 2 rings (SSSR count). The van der Waals surface area contributed by atoms with E-state index in [-0.39, 0.29) is 5.82 Å². The van der Waals surface area contributed by atoms with E-state index in [1.54, 1.807) is 31.2 Å². The van der Waals surface area contributed by atoms with Crippen LogP contribution in [0.3, 0.4) is 0 Å². The third kappa shape index (κ3) is 2.97. The molecule has 2 aromatic rings. The Balaban J connectivity index is 2.29. The predicted molar refractivity (Wildman–Crippen MR) is 69.3 cm³/mol. The highest BCUT2D eigenvalue weighted by molar-refractivity contribution is 5.39. The van der Waals surface area contributed by atoms with Crippen LogP contribution in [-0.2, 0) is 5.60 Å². The standard InChI is InChI=1S/C16H13FO/c1-16(18,14-7-3-2-4-8-14)11-10-13-6-5-9-15(17)12-13/h2-9,12,18H,1H3. The van der Waals surface area contributed by atoms with Crippen LogP contribution < -0.4 is 0 Å². The quantitative estimate of drug-likeness (QED) is 0.759. The molecule has 0 saturated carbocycles. The molecule has 0 heterocycles. The van der Waals surface area contributed by atoms with E-state index in [2.05, 4.69) is 11.8 Å². The van der Waals surface area contributed by atoms with Gasteiger partial charge < -0.3 is 5.11 Å². The first-order valence-electron chi connectivity index (χ1n) is 5.64. The van der Waals surface area contributed by atoms with Crippen molar-refractivity contribution < 1.29 is 9.50 Å². The largest absolute Gasteiger partial charge is 0.374 e. The molecule has 0 radical (unpaired) electrons. The van der Waals surface area contributed by atoms with Crippen LogP contribution in [0.25, 0.3) is 0 Å². The molecule has 2 heteroatoms. The lowest BCUT2D eigenvalue weighted by Gasteiger charge is -2.16. The van der Waals surface area contributed by atoms with E-state index in [0.29, 0.717) is 11.1 Å². The van der Waals surface area contributed by atoms with Crippen molar-refractivity contribution in [3.05, 3.63) is 71.5 Å². The number of benzene rings is 2. The lowest BCUT2D eigenvalue weighted by atomic mass is 9.96. The summed E-state index contributed by atoms with van der Waals surface area (Å²) in [5.74, 6) is 5.21. The highest BCUT2D eigenvalue weighted by Crippen LogP contribution is 2.19. The Hall–Kier alpha value is -2.11. The minimum absolute atomic E-state index is 0.332. The van der Waals surface area contributed by atoms with Crippen molar-refractivity contribution in [2.45, 2.75) is 12.5 Å². The first kappa shape index (κ1) is 12.3. The van der Waals surface area contributed by atoms with Crippen molar-refractivity contribution in [1.82, 2.24) is 0 Å². The van der Waals surface area contributed by atoms with Crippen LogP contribution in [-0.4, -0.2) is 5.11 Å². The Bertz CT molecular complexity index is 591. The SMILES string of the molecule is CC(O)(C#Cc1cccc(F)c1)c1ccccc1. The maximum atomic E-state index is 13.0. The van der Waals surface area contributed by atoms with Gasteiger partial charge in [-0.25, -0.2) is 4.39 Å². The van der Waals surface area contributed by atoms with Crippen LogP contribution in [0, 0.1) is 17.7 Å². The summed E-state index contributed by atoms with van der Waals surface area (Å²) < 4.78 is 13.0. The van der Waals surface area contributed by atoms with Gasteiger partial charge in [0.1, 0.15) is 11.4 Å². The van der Waals surface area contributed by atoms with E-state index in [1.807, 2.05) is 18.2 Å². The summed E-state index contributed by atoms with van der Waals surface area (Å²) >= 11 is 0. The van der Waals surface area contributed by atoms with E-state index in [0.717, 1.165) is 0 Å². The zero-order valence-corrected chi connectivity index (χ0v) is 10.0. The summed E-state index contributed by atoms with van der Waals surface area (Å²) in [7, 11) is 0. The maximum Gasteiger partial charge on any atom is 0.148 e. The average Bonchev–Trinajstić information content (AvgIpc) is 2.38. The zero-order chi connectivity index (χ0) is 13.0. The lowest BCUT2D eigenvalue weighted by Crippen LogP contribution is -2.18. The van der Waals surface area contributed by atoms with Gasteiger partial charge in [0.05, 0.1) is 0 Å². The Morgan fingerprint density at radius 2 is 1.78 bits per heavy atom. The van der Waals surface area contributed by atoms with Crippen LogP contribution in [0.4, 0.5) is 4.39 Å². The maximum absolute atomic E-state index is 13.0. The van der Waals surface area contributed by atoms with Gasteiger partial charge in [0.2, 0.25) is 0 Å². The second kappa shape index (κ2) is 5.03.